The van der Waals surface area contributed by atoms with Gasteiger partial charge in [-0.05, 0) is 6.92 Å². The van der Waals surface area contributed by atoms with E-state index in [0.29, 0.717) is 0 Å². The molecule has 1 atom stereocenters. The van der Waals surface area contributed by atoms with Crippen molar-refractivity contribution in [2.75, 3.05) is 24.7 Å². The normalized spacial score (nSPS) is 20.8. The second-order valence-corrected chi connectivity index (χ2v) is 3.79. The van der Waals surface area contributed by atoms with Gasteiger partial charge in [-0.3, -0.25) is 0 Å². The molecule has 17 heavy (non-hydrogen) atoms. The molecule has 0 N–H and O–H groups in total. The van der Waals surface area contributed by atoms with E-state index >= 15 is 0 Å². The van der Waals surface area contributed by atoms with Gasteiger partial charge < -0.3 is 9.64 Å². The summed E-state index contributed by atoms with van der Waals surface area (Å²) in [5.41, 5.74) is -0.717. The molecule has 1 unspecified atom stereocenters. The molecule has 0 amide bonds. The molecule has 0 saturated carbocycles. The van der Waals surface area contributed by atoms with Crippen molar-refractivity contribution in [3.63, 3.8) is 0 Å². The van der Waals surface area contributed by atoms with Crippen LogP contribution in [0.15, 0.2) is 0 Å². The topological polar surface area (TPSA) is 25.4 Å². The fourth-order valence-corrected chi connectivity index (χ4v) is 1.79. The predicted octanol–water partition coefficient (Wildman–Crippen LogP) is 1.86. The lowest BCUT2D eigenvalue weighted by molar-refractivity contribution is 0.0979. The number of halogens is 4. The third-order valence-electron chi connectivity index (χ3n) is 2.63. The van der Waals surface area contributed by atoms with Crippen molar-refractivity contribution in [1.82, 2.24) is 4.98 Å². The molecule has 0 bridgehead atoms. The molecule has 0 radical (unpaired) electrons. The number of anilines is 1. The zero-order valence-electron chi connectivity index (χ0n) is 9.01. The van der Waals surface area contributed by atoms with Gasteiger partial charge in [-0.1, -0.05) is 0 Å². The van der Waals surface area contributed by atoms with Crippen LogP contribution in [0.5, 0.6) is 0 Å². The molecule has 1 aliphatic rings. The van der Waals surface area contributed by atoms with Crippen LogP contribution < -0.4 is 4.90 Å². The largest absolute Gasteiger partial charge is 0.377 e. The second-order valence-electron chi connectivity index (χ2n) is 3.79. The third kappa shape index (κ3) is 2.06. The summed E-state index contributed by atoms with van der Waals surface area (Å²) >= 11 is 0. The van der Waals surface area contributed by atoms with Crippen molar-refractivity contribution in [3.05, 3.63) is 23.5 Å². The molecule has 3 nitrogen and oxygen atoms in total. The summed E-state index contributed by atoms with van der Waals surface area (Å²) in [5.74, 6) is -6.23. The zero-order chi connectivity index (χ0) is 12.6. The Morgan fingerprint density at radius 1 is 1.18 bits per heavy atom. The number of rotatable bonds is 1. The molecule has 1 aromatic rings. The third-order valence-corrected chi connectivity index (χ3v) is 2.63. The van der Waals surface area contributed by atoms with E-state index in [0.717, 1.165) is 0 Å². The molecule has 1 aliphatic heterocycles. The highest BCUT2D eigenvalue weighted by molar-refractivity contribution is 5.49. The van der Waals surface area contributed by atoms with Crippen molar-refractivity contribution in [3.8, 4) is 0 Å². The van der Waals surface area contributed by atoms with Crippen LogP contribution in [0.25, 0.3) is 0 Å². The van der Waals surface area contributed by atoms with Crippen LogP contribution in [0.2, 0.25) is 0 Å². The second kappa shape index (κ2) is 4.48. The van der Waals surface area contributed by atoms with Crippen molar-refractivity contribution in [2.45, 2.75) is 13.0 Å². The van der Waals surface area contributed by atoms with Crippen LogP contribution in [0.4, 0.5) is 23.2 Å². The SMILES string of the molecule is CC1COCCN1c1c(F)c(F)nc(F)c1F. The Labute approximate surface area is 95.0 Å². The van der Waals surface area contributed by atoms with E-state index in [1.165, 1.54) is 4.90 Å². The summed E-state index contributed by atoms with van der Waals surface area (Å²) in [6, 6.07) is -0.367. The highest BCUT2D eigenvalue weighted by atomic mass is 19.2. The fraction of sp³-hybridized carbons (Fsp3) is 0.500. The first-order chi connectivity index (χ1) is 8.02. The number of nitrogens with zero attached hydrogens (tertiary/aromatic N) is 2. The first-order valence-corrected chi connectivity index (χ1v) is 5.06. The lowest BCUT2D eigenvalue weighted by Gasteiger charge is -2.35. The number of aromatic nitrogens is 1. The Kier molecular flexibility index (Phi) is 3.19. The number of pyridine rings is 1. The smallest absolute Gasteiger partial charge is 0.253 e. The minimum absolute atomic E-state index is 0.165. The molecule has 1 aromatic heterocycles. The van der Waals surface area contributed by atoms with E-state index in [2.05, 4.69) is 4.98 Å². The molecule has 1 fully saturated rings. The van der Waals surface area contributed by atoms with Crippen molar-refractivity contribution in [2.24, 2.45) is 0 Å². The first kappa shape index (κ1) is 12.1. The summed E-state index contributed by atoms with van der Waals surface area (Å²) in [6.45, 7) is 2.30. The minimum atomic E-state index is -1.64. The van der Waals surface area contributed by atoms with E-state index in [1.54, 1.807) is 6.92 Å². The Morgan fingerprint density at radius 3 is 2.29 bits per heavy atom. The Balaban J connectivity index is 2.49. The van der Waals surface area contributed by atoms with E-state index in [1.807, 2.05) is 0 Å². The summed E-state index contributed by atoms with van der Waals surface area (Å²) in [5, 5.41) is 0. The molecule has 7 heteroatoms. The summed E-state index contributed by atoms with van der Waals surface area (Å²) in [6.07, 6.45) is 0. The molecule has 2 rings (SSSR count). The van der Waals surface area contributed by atoms with E-state index in [4.69, 9.17) is 4.74 Å². The van der Waals surface area contributed by atoms with Crippen molar-refractivity contribution >= 4 is 5.69 Å². The van der Waals surface area contributed by atoms with Crippen molar-refractivity contribution in [1.29, 1.82) is 0 Å². The number of hydrogen-bond acceptors (Lipinski definition) is 3. The standard InChI is InChI=1S/C10H10F4N2O/c1-5-4-17-3-2-16(5)8-6(11)9(13)15-10(14)7(8)12/h5H,2-4H2,1H3. The number of hydrogen-bond donors (Lipinski definition) is 0. The van der Waals surface area contributed by atoms with Gasteiger partial charge in [0.25, 0.3) is 11.9 Å². The van der Waals surface area contributed by atoms with Gasteiger partial charge in [-0.15, -0.1) is 0 Å². The lowest BCUT2D eigenvalue weighted by Crippen LogP contribution is -2.45. The van der Waals surface area contributed by atoms with Crippen LogP contribution in [0.1, 0.15) is 6.92 Å². The molecule has 1 saturated heterocycles. The van der Waals surface area contributed by atoms with E-state index in [-0.39, 0.29) is 25.8 Å². The van der Waals surface area contributed by atoms with Crippen LogP contribution >= 0.6 is 0 Å². The van der Waals surface area contributed by atoms with Gasteiger partial charge in [0.05, 0.1) is 13.2 Å². The predicted molar refractivity (Wildman–Crippen MR) is 51.7 cm³/mol. The van der Waals surface area contributed by atoms with E-state index < -0.39 is 29.2 Å². The van der Waals surface area contributed by atoms with Gasteiger partial charge >= 0.3 is 0 Å². The maximum atomic E-state index is 13.5. The average molecular weight is 250 g/mol. The lowest BCUT2D eigenvalue weighted by atomic mass is 10.2. The highest BCUT2D eigenvalue weighted by Gasteiger charge is 2.29. The molecule has 0 spiro atoms. The quantitative estimate of drug-likeness (QED) is 0.562. The van der Waals surface area contributed by atoms with Crippen molar-refractivity contribution < 1.29 is 22.3 Å². The van der Waals surface area contributed by atoms with Crippen LogP contribution in [-0.2, 0) is 4.74 Å². The zero-order valence-corrected chi connectivity index (χ0v) is 9.01. The van der Waals surface area contributed by atoms with Gasteiger partial charge in [0, 0.05) is 12.6 Å². The molecule has 0 aliphatic carbocycles. The maximum absolute atomic E-state index is 13.5. The first-order valence-electron chi connectivity index (χ1n) is 5.06. The summed E-state index contributed by atoms with van der Waals surface area (Å²) < 4.78 is 57.9. The number of ether oxygens (including phenoxy) is 1. The molecule has 0 aromatic carbocycles. The Bertz CT molecular complexity index is 415. The number of morpholine rings is 1. The molecular formula is C10H10F4N2O. The Hall–Kier alpha value is -1.37. The van der Waals surface area contributed by atoms with Crippen LogP contribution in [-0.4, -0.2) is 30.8 Å². The molecule has 2 heterocycles. The fourth-order valence-electron chi connectivity index (χ4n) is 1.79. The van der Waals surface area contributed by atoms with Gasteiger partial charge in [-0.25, -0.2) is 0 Å². The molecular weight excluding hydrogens is 240 g/mol. The molecule has 94 valence electrons. The summed E-state index contributed by atoms with van der Waals surface area (Å²) in [7, 11) is 0. The average Bonchev–Trinajstić information content (AvgIpc) is 2.29. The van der Waals surface area contributed by atoms with Crippen LogP contribution in [0.3, 0.4) is 0 Å². The van der Waals surface area contributed by atoms with Gasteiger partial charge in [0.1, 0.15) is 5.69 Å². The minimum Gasteiger partial charge on any atom is -0.377 e. The van der Waals surface area contributed by atoms with Gasteiger partial charge in [0.15, 0.2) is 0 Å². The summed E-state index contributed by atoms with van der Waals surface area (Å²) in [4.78, 5) is 3.75. The van der Waals surface area contributed by atoms with Gasteiger partial charge in [0.2, 0.25) is 11.6 Å². The highest BCUT2D eigenvalue weighted by Crippen LogP contribution is 2.28. The maximum Gasteiger partial charge on any atom is 0.253 e. The van der Waals surface area contributed by atoms with Gasteiger partial charge in [-0.2, -0.15) is 22.5 Å². The Morgan fingerprint density at radius 2 is 1.76 bits per heavy atom. The van der Waals surface area contributed by atoms with E-state index in [9.17, 15) is 17.6 Å². The monoisotopic (exact) mass is 250 g/mol. The van der Waals surface area contributed by atoms with Crippen LogP contribution in [0, 0.1) is 23.5 Å².